The third-order valence-electron chi connectivity index (χ3n) is 1.78. The van der Waals surface area contributed by atoms with E-state index in [1.807, 2.05) is 12.1 Å². The fourth-order valence-electron chi connectivity index (χ4n) is 1.09. The summed E-state index contributed by atoms with van der Waals surface area (Å²) in [5.74, 6) is 0.797. The van der Waals surface area contributed by atoms with Crippen molar-refractivity contribution in [2.45, 2.75) is 12.8 Å². The van der Waals surface area contributed by atoms with Crippen LogP contribution in [0.1, 0.15) is 12.8 Å². The number of benzene rings is 1. The Morgan fingerprint density at radius 3 is 2.31 bits per heavy atom. The van der Waals surface area contributed by atoms with Crippen LogP contribution < -0.4 is 10.5 Å². The van der Waals surface area contributed by atoms with E-state index in [9.17, 15) is 0 Å². The second-order valence-corrected chi connectivity index (χ2v) is 6.27. The lowest BCUT2D eigenvalue weighted by Crippen LogP contribution is -2.09. The molecule has 0 heterocycles. The van der Waals surface area contributed by atoms with Gasteiger partial charge in [0.05, 0.1) is 20.5 Å². The van der Waals surface area contributed by atoms with E-state index in [2.05, 4.69) is 47.8 Å². The van der Waals surface area contributed by atoms with Gasteiger partial charge in [-0.3, -0.25) is 0 Å². The summed E-state index contributed by atoms with van der Waals surface area (Å²) in [6.07, 6.45) is 1.53. The molecule has 1 rings (SSSR count). The monoisotopic (exact) mass is 429 g/mol. The lowest BCUT2D eigenvalue weighted by molar-refractivity contribution is 0.310. The molecule has 1 aromatic carbocycles. The van der Waals surface area contributed by atoms with Crippen LogP contribution in [0, 0.1) is 0 Å². The van der Waals surface area contributed by atoms with Crippen molar-refractivity contribution in [1.82, 2.24) is 0 Å². The minimum atomic E-state index is 0.525. The van der Waals surface area contributed by atoms with Crippen LogP contribution in [0.5, 0.6) is 5.75 Å². The fraction of sp³-hybridized carbons (Fsp3) is 0.300. The largest absolute Gasteiger partial charge is 0.491 e. The molecule has 0 fully saturated rings. The van der Waals surface area contributed by atoms with E-state index in [0.717, 1.165) is 25.6 Å². The van der Waals surface area contributed by atoms with Crippen molar-refractivity contribution < 1.29 is 4.74 Å². The number of halogens is 3. The second kappa shape index (κ2) is 6.93. The van der Waals surface area contributed by atoms with Gasteiger partial charge >= 0.3 is 0 Å². The van der Waals surface area contributed by atoms with Gasteiger partial charge in [-0.15, -0.1) is 0 Å². The van der Waals surface area contributed by atoms with Crippen LogP contribution in [0.4, 0.5) is 0 Å². The number of nitrogens with two attached hydrogens (primary N) is 1. The summed E-state index contributed by atoms with van der Waals surface area (Å²) in [6, 6.07) is 3.88. The summed E-state index contributed by atoms with van der Waals surface area (Å²) in [5, 5.41) is 0. The number of thiocarbonyl (C=S) groups is 1. The molecule has 2 nitrogen and oxygen atoms in total. The van der Waals surface area contributed by atoms with Crippen LogP contribution >= 0.6 is 60.0 Å². The first kappa shape index (κ1) is 14.4. The number of ether oxygens (including phenoxy) is 1. The average molecular weight is 432 g/mol. The lowest BCUT2D eigenvalue weighted by atomic mass is 10.3. The van der Waals surface area contributed by atoms with Crippen molar-refractivity contribution >= 4 is 65.0 Å². The number of hydrogen-bond donors (Lipinski definition) is 1. The van der Waals surface area contributed by atoms with Gasteiger partial charge in [0, 0.05) is 10.9 Å². The second-order valence-electron chi connectivity index (χ2n) is 3.12. The molecule has 0 saturated carbocycles. The highest BCUT2D eigenvalue weighted by molar-refractivity contribution is 9.11. The van der Waals surface area contributed by atoms with Crippen molar-refractivity contribution in [2.75, 3.05) is 6.61 Å². The van der Waals surface area contributed by atoms with Gasteiger partial charge in [-0.2, -0.15) is 0 Å². The summed E-state index contributed by atoms with van der Waals surface area (Å²) in [4.78, 5) is 0.525. The molecule has 0 aromatic heterocycles. The van der Waals surface area contributed by atoms with Crippen LogP contribution in [0.25, 0.3) is 0 Å². The first-order chi connectivity index (χ1) is 7.50. The minimum Gasteiger partial charge on any atom is -0.491 e. The fourth-order valence-corrected chi connectivity index (χ4v) is 3.72. The Morgan fingerprint density at radius 1 is 1.25 bits per heavy atom. The Bertz CT molecular complexity index is 375. The molecule has 0 aliphatic heterocycles. The molecule has 0 amide bonds. The molecule has 6 heteroatoms. The summed E-state index contributed by atoms with van der Waals surface area (Å²) in [5.41, 5.74) is 5.40. The van der Waals surface area contributed by atoms with E-state index in [0.29, 0.717) is 18.0 Å². The van der Waals surface area contributed by atoms with Crippen LogP contribution in [-0.2, 0) is 0 Å². The van der Waals surface area contributed by atoms with E-state index in [4.69, 9.17) is 22.7 Å². The third-order valence-corrected chi connectivity index (χ3v) is 3.62. The highest BCUT2D eigenvalue weighted by atomic mass is 79.9. The standard InChI is InChI=1S/C10H10Br3NOS/c11-6-4-7(12)10(8(13)5-6)15-3-1-2-9(14)16/h4-5H,1-3H2,(H2,14,16). The smallest absolute Gasteiger partial charge is 0.147 e. The number of rotatable bonds is 5. The normalized spacial score (nSPS) is 10.2. The molecule has 0 radical (unpaired) electrons. The van der Waals surface area contributed by atoms with Gasteiger partial charge in [-0.25, -0.2) is 0 Å². The highest BCUT2D eigenvalue weighted by Crippen LogP contribution is 2.36. The van der Waals surface area contributed by atoms with Crippen LogP contribution in [-0.4, -0.2) is 11.6 Å². The summed E-state index contributed by atoms with van der Waals surface area (Å²) in [7, 11) is 0. The lowest BCUT2D eigenvalue weighted by Gasteiger charge is -2.10. The van der Waals surface area contributed by atoms with Gasteiger partial charge in [-0.05, 0) is 50.4 Å². The van der Waals surface area contributed by atoms with Crippen molar-refractivity contribution in [1.29, 1.82) is 0 Å². The molecule has 0 unspecified atom stereocenters. The van der Waals surface area contributed by atoms with E-state index < -0.39 is 0 Å². The average Bonchev–Trinajstić information content (AvgIpc) is 2.14. The molecule has 0 spiro atoms. The maximum Gasteiger partial charge on any atom is 0.147 e. The molecule has 0 aliphatic rings. The zero-order chi connectivity index (χ0) is 12.1. The Morgan fingerprint density at radius 2 is 1.81 bits per heavy atom. The highest BCUT2D eigenvalue weighted by Gasteiger charge is 2.07. The van der Waals surface area contributed by atoms with E-state index in [-0.39, 0.29) is 0 Å². The predicted molar refractivity (Wildman–Crippen MR) is 81.1 cm³/mol. The zero-order valence-electron chi connectivity index (χ0n) is 8.30. The van der Waals surface area contributed by atoms with E-state index in [1.54, 1.807) is 0 Å². The maximum atomic E-state index is 5.64. The minimum absolute atomic E-state index is 0.525. The van der Waals surface area contributed by atoms with E-state index >= 15 is 0 Å². The van der Waals surface area contributed by atoms with Crippen molar-refractivity contribution in [3.63, 3.8) is 0 Å². The Balaban J connectivity index is 2.57. The Hall–Kier alpha value is 0.350. The first-order valence-corrected chi connectivity index (χ1v) is 7.35. The quantitative estimate of drug-likeness (QED) is 0.553. The van der Waals surface area contributed by atoms with Crippen molar-refractivity contribution in [2.24, 2.45) is 5.73 Å². The molecule has 0 aliphatic carbocycles. The predicted octanol–water partition coefficient (Wildman–Crippen LogP) is 4.42. The third kappa shape index (κ3) is 4.69. The van der Waals surface area contributed by atoms with Crippen molar-refractivity contribution in [3.8, 4) is 5.75 Å². The van der Waals surface area contributed by atoms with Gasteiger partial charge in [0.25, 0.3) is 0 Å². The van der Waals surface area contributed by atoms with Gasteiger partial charge in [0.2, 0.25) is 0 Å². The molecule has 1 aromatic rings. The molecular weight excluding hydrogens is 422 g/mol. The molecule has 16 heavy (non-hydrogen) atoms. The Labute approximate surface area is 125 Å². The summed E-state index contributed by atoms with van der Waals surface area (Å²) < 4.78 is 8.44. The van der Waals surface area contributed by atoms with Crippen LogP contribution in [0.15, 0.2) is 25.6 Å². The molecule has 0 bridgehead atoms. The van der Waals surface area contributed by atoms with E-state index in [1.165, 1.54) is 0 Å². The van der Waals surface area contributed by atoms with Gasteiger partial charge in [0.15, 0.2) is 0 Å². The topological polar surface area (TPSA) is 35.2 Å². The Kier molecular flexibility index (Phi) is 6.25. The summed E-state index contributed by atoms with van der Waals surface area (Å²) >= 11 is 15.1. The SMILES string of the molecule is NC(=S)CCCOc1c(Br)cc(Br)cc1Br. The summed E-state index contributed by atoms with van der Waals surface area (Å²) in [6.45, 7) is 0.593. The zero-order valence-corrected chi connectivity index (χ0v) is 13.9. The van der Waals surface area contributed by atoms with Gasteiger partial charge in [-0.1, -0.05) is 28.1 Å². The molecular formula is C10H10Br3NOS. The van der Waals surface area contributed by atoms with Gasteiger partial charge < -0.3 is 10.5 Å². The first-order valence-electron chi connectivity index (χ1n) is 4.56. The number of hydrogen-bond acceptors (Lipinski definition) is 2. The molecule has 0 saturated heterocycles. The molecule has 2 N–H and O–H groups in total. The maximum absolute atomic E-state index is 5.64. The molecule has 0 atom stereocenters. The van der Waals surface area contributed by atoms with Gasteiger partial charge in [0.1, 0.15) is 5.75 Å². The van der Waals surface area contributed by atoms with Crippen molar-refractivity contribution in [3.05, 3.63) is 25.6 Å². The van der Waals surface area contributed by atoms with Crippen LogP contribution in [0.2, 0.25) is 0 Å². The molecule has 88 valence electrons. The van der Waals surface area contributed by atoms with Crippen LogP contribution in [0.3, 0.4) is 0 Å².